The van der Waals surface area contributed by atoms with Gasteiger partial charge in [0.05, 0.1) is 30.3 Å². The largest absolute Gasteiger partial charge is 0.496 e. The van der Waals surface area contributed by atoms with Gasteiger partial charge in [-0.25, -0.2) is 0 Å². The van der Waals surface area contributed by atoms with Gasteiger partial charge in [-0.05, 0) is 48.6 Å². The molecule has 0 aromatic heterocycles. The van der Waals surface area contributed by atoms with E-state index in [1.807, 2.05) is 0 Å². The Hall–Kier alpha value is -3.19. The van der Waals surface area contributed by atoms with E-state index in [0.29, 0.717) is 40.5 Å². The zero-order valence-electron chi connectivity index (χ0n) is 16.2. The summed E-state index contributed by atoms with van der Waals surface area (Å²) in [5.41, 5.74) is 7.88. The highest BCUT2D eigenvalue weighted by Gasteiger charge is 2.35. The third-order valence-corrected chi connectivity index (χ3v) is 5.45. The second kappa shape index (κ2) is 7.67. The monoisotopic (exact) mass is 393 g/mol. The number of hydrogen-bond donors (Lipinski definition) is 2. The number of methoxy groups -OCH3 is 1. The van der Waals surface area contributed by atoms with Crippen molar-refractivity contribution in [1.82, 2.24) is 10.2 Å². The van der Waals surface area contributed by atoms with Crippen LogP contribution in [0.15, 0.2) is 42.5 Å². The van der Waals surface area contributed by atoms with Gasteiger partial charge in [-0.3, -0.25) is 19.3 Å². The molecular formula is C22H23N3O4. The van der Waals surface area contributed by atoms with E-state index in [2.05, 4.69) is 5.32 Å². The molecule has 0 radical (unpaired) electrons. The minimum atomic E-state index is -0.331. The van der Waals surface area contributed by atoms with Gasteiger partial charge < -0.3 is 15.8 Å². The predicted molar refractivity (Wildman–Crippen MR) is 107 cm³/mol. The van der Waals surface area contributed by atoms with Gasteiger partial charge >= 0.3 is 0 Å². The average molecular weight is 393 g/mol. The molecule has 1 fully saturated rings. The molecule has 1 aliphatic carbocycles. The summed E-state index contributed by atoms with van der Waals surface area (Å²) in [4.78, 5) is 39.0. The first-order valence-electron chi connectivity index (χ1n) is 9.65. The number of benzene rings is 2. The van der Waals surface area contributed by atoms with E-state index >= 15 is 0 Å². The highest BCUT2D eigenvalue weighted by molar-refractivity contribution is 6.21. The summed E-state index contributed by atoms with van der Waals surface area (Å²) in [6.45, 7) is 0.480. The van der Waals surface area contributed by atoms with Crippen molar-refractivity contribution in [3.8, 4) is 5.75 Å². The number of ether oxygens (including phenoxy) is 1. The van der Waals surface area contributed by atoms with Crippen LogP contribution < -0.4 is 15.8 Å². The number of nitrogens with zero attached hydrogens (tertiary/aromatic N) is 1. The van der Waals surface area contributed by atoms with Crippen LogP contribution in [0.1, 0.15) is 49.5 Å². The minimum absolute atomic E-state index is 0.0496. The molecule has 29 heavy (non-hydrogen) atoms. The molecule has 2 aliphatic rings. The molecule has 1 aliphatic heterocycles. The highest BCUT2D eigenvalue weighted by Crippen LogP contribution is 2.31. The summed E-state index contributed by atoms with van der Waals surface area (Å²) in [5, 5.41) is 2.86. The minimum Gasteiger partial charge on any atom is -0.496 e. The van der Waals surface area contributed by atoms with Crippen molar-refractivity contribution in [3.63, 3.8) is 0 Å². The number of amides is 3. The maximum absolute atomic E-state index is 12.7. The van der Waals surface area contributed by atoms with Gasteiger partial charge in [0, 0.05) is 12.6 Å². The third kappa shape index (κ3) is 3.73. The van der Waals surface area contributed by atoms with E-state index < -0.39 is 0 Å². The van der Waals surface area contributed by atoms with Crippen molar-refractivity contribution < 1.29 is 19.1 Å². The molecule has 0 saturated heterocycles. The molecule has 150 valence electrons. The summed E-state index contributed by atoms with van der Waals surface area (Å²) in [6.07, 6.45) is 2.21. The summed E-state index contributed by atoms with van der Waals surface area (Å²) in [6, 6.07) is 11.8. The van der Waals surface area contributed by atoms with Crippen LogP contribution in [0.4, 0.5) is 0 Å². The van der Waals surface area contributed by atoms with Crippen LogP contribution in [0.25, 0.3) is 0 Å². The molecule has 1 unspecified atom stereocenters. The maximum atomic E-state index is 12.7. The van der Waals surface area contributed by atoms with Crippen LogP contribution in [0.2, 0.25) is 0 Å². The number of hydrogen-bond acceptors (Lipinski definition) is 5. The van der Waals surface area contributed by atoms with Crippen LogP contribution in [0.5, 0.6) is 5.75 Å². The second-order valence-corrected chi connectivity index (χ2v) is 7.49. The number of rotatable bonds is 7. The zero-order valence-corrected chi connectivity index (χ0v) is 16.2. The highest BCUT2D eigenvalue weighted by atomic mass is 16.5. The van der Waals surface area contributed by atoms with Gasteiger partial charge in [0.2, 0.25) is 0 Å². The summed E-state index contributed by atoms with van der Waals surface area (Å²) in [5.74, 6) is -0.0428. The Kier molecular flexibility index (Phi) is 5.07. The number of nitrogens with two attached hydrogens (primary N) is 1. The molecule has 2 aromatic carbocycles. The fourth-order valence-corrected chi connectivity index (χ4v) is 3.59. The van der Waals surface area contributed by atoms with E-state index in [-0.39, 0.29) is 30.3 Å². The first-order chi connectivity index (χ1) is 14.0. The van der Waals surface area contributed by atoms with Crippen LogP contribution in [0, 0.1) is 5.92 Å². The Morgan fingerprint density at radius 2 is 1.83 bits per heavy atom. The molecule has 7 nitrogen and oxygen atoms in total. The Balaban J connectivity index is 1.51. The van der Waals surface area contributed by atoms with Gasteiger partial charge in [0.25, 0.3) is 17.7 Å². The number of nitrogens with one attached hydrogen (secondary N) is 1. The topological polar surface area (TPSA) is 102 Å². The molecular weight excluding hydrogens is 370 g/mol. The number of carbonyl (C=O) groups excluding carboxylic acids is 3. The van der Waals surface area contributed by atoms with Gasteiger partial charge in [0.1, 0.15) is 5.75 Å². The molecule has 1 saturated carbocycles. The number of imide groups is 1. The summed E-state index contributed by atoms with van der Waals surface area (Å²) < 4.78 is 5.31. The van der Waals surface area contributed by atoms with E-state index in [9.17, 15) is 14.4 Å². The Morgan fingerprint density at radius 3 is 2.41 bits per heavy atom. The molecule has 7 heteroatoms. The first-order valence-corrected chi connectivity index (χ1v) is 9.65. The van der Waals surface area contributed by atoms with Crippen LogP contribution in [-0.4, -0.2) is 42.3 Å². The number of carbonyl (C=O) groups is 3. The molecule has 0 bridgehead atoms. The van der Waals surface area contributed by atoms with Gasteiger partial charge in [-0.2, -0.15) is 0 Å². The second-order valence-electron chi connectivity index (χ2n) is 7.49. The van der Waals surface area contributed by atoms with Crippen molar-refractivity contribution in [2.45, 2.75) is 25.4 Å². The molecule has 2 aromatic rings. The molecule has 3 N–H and O–H groups in total. The molecule has 1 atom stereocenters. The predicted octanol–water partition coefficient (Wildman–Crippen LogP) is 1.96. The Bertz CT molecular complexity index is 949. The van der Waals surface area contributed by atoms with Crippen LogP contribution >= 0.6 is 0 Å². The Morgan fingerprint density at radius 1 is 1.17 bits per heavy atom. The van der Waals surface area contributed by atoms with Gasteiger partial charge in [-0.15, -0.1) is 0 Å². The van der Waals surface area contributed by atoms with E-state index in [4.69, 9.17) is 10.5 Å². The summed E-state index contributed by atoms with van der Waals surface area (Å²) >= 11 is 0. The first kappa shape index (κ1) is 19.1. The van der Waals surface area contributed by atoms with Crippen molar-refractivity contribution in [2.24, 2.45) is 11.7 Å². The van der Waals surface area contributed by atoms with Crippen molar-refractivity contribution in [1.29, 1.82) is 0 Å². The maximum Gasteiger partial charge on any atom is 0.261 e. The lowest BCUT2D eigenvalue weighted by Crippen LogP contribution is -2.38. The van der Waals surface area contributed by atoms with E-state index in [1.165, 1.54) is 12.0 Å². The van der Waals surface area contributed by atoms with Crippen molar-refractivity contribution >= 4 is 17.7 Å². The smallest absolute Gasteiger partial charge is 0.261 e. The average Bonchev–Trinajstić information content (AvgIpc) is 3.57. The lowest BCUT2D eigenvalue weighted by Gasteiger charge is -2.17. The Labute approximate surface area is 168 Å². The van der Waals surface area contributed by atoms with Gasteiger partial charge in [0.15, 0.2) is 0 Å². The lowest BCUT2D eigenvalue weighted by atomic mass is 10.1. The lowest BCUT2D eigenvalue weighted by molar-refractivity contribution is 0.0642. The molecule has 0 spiro atoms. The third-order valence-electron chi connectivity index (χ3n) is 5.45. The van der Waals surface area contributed by atoms with Crippen LogP contribution in [-0.2, 0) is 6.54 Å². The van der Waals surface area contributed by atoms with Gasteiger partial charge in [-0.1, -0.05) is 18.2 Å². The zero-order chi connectivity index (χ0) is 20.5. The fourth-order valence-electron chi connectivity index (χ4n) is 3.59. The SMILES string of the molecule is COc1ccc(CN2C(=O)c3ccccc3C2=O)cc1C(=O)NCC(N)C1CC1. The summed E-state index contributed by atoms with van der Waals surface area (Å²) in [7, 11) is 1.49. The van der Waals surface area contributed by atoms with E-state index in [1.54, 1.807) is 42.5 Å². The number of fused-ring (bicyclic) bond motifs is 1. The fraction of sp³-hybridized carbons (Fsp3) is 0.318. The van der Waals surface area contributed by atoms with Crippen molar-refractivity contribution in [2.75, 3.05) is 13.7 Å². The van der Waals surface area contributed by atoms with Crippen molar-refractivity contribution in [3.05, 3.63) is 64.7 Å². The quantitative estimate of drug-likeness (QED) is 0.700. The standard InChI is InChI=1S/C22H23N3O4/c1-29-19-9-6-13(10-17(19)20(26)24-11-18(23)14-7-8-14)12-25-21(27)15-4-2-3-5-16(15)22(25)28/h2-6,9-10,14,18H,7-8,11-12,23H2,1H3,(H,24,26). The van der Waals surface area contributed by atoms with Crippen LogP contribution in [0.3, 0.4) is 0 Å². The normalized spacial score (nSPS) is 16.6. The molecule has 3 amide bonds. The molecule has 4 rings (SSSR count). The molecule has 1 heterocycles. The van der Waals surface area contributed by atoms with E-state index in [0.717, 1.165) is 12.8 Å².